The first-order chi connectivity index (χ1) is 9.49. The molecule has 0 saturated carbocycles. The van der Waals surface area contributed by atoms with Crippen LogP contribution in [0.15, 0.2) is 27.8 Å². The summed E-state index contributed by atoms with van der Waals surface area (Å²) in [4.78, 5) is 4.50. The highest BCUT2D eigenvalue weighted by molar-refractivity contribution is 9.10. The molecule has 1 rings (SSSR count). The van der Waals surface area contributed by atoms with Crippen LogP contribution in [0.25, 0.3) is 0 Å². The van der Waals surface area contributed by atoms with Gasteiger partial charge in [-0.15, -0.1) is 0 Å². The Morgan fingerprint density at radius 1 is 1.30 bits per heavy atom. The van der Waals surface area contributed by atoms with E-state index in [9.17, 15) is 0 Å². The molecule has 3 N–H and O–H groups in total. The fraction of sp³-hybridized carbons (Fsp3) is 0.500. The molecule has 112 valence electrons. The van der Waals surface area contributed by atoms with Crippen molar-refractivity contribution < 1.29 is 5.21 Å². The van der Waals surface area contributed by atoms with Crippen LogP contribution in [0.3, 0.4) is 0 Å². The second-order valence-electron chi connectivity index (χ2n) is 4.94. The molecular formula is C14H23BrN4O. The number of rotatable bonds is 7. The average Bonchev–Trinajstić information content (AvgIpc) is 2.42. The Bertz CT molecular complexity index is 462. The van der Waals surface area contributed by atoms with Crippen molar-refractivity contribution in [1.82, 2.24) is 4.90 Å². The van der Waals surface area contributed by atoms with Crippen molar-refractivity contribution in [2.75, 3.05) is 38.6 Å². The van der Waals surface area contributed by atoms with Gasteiger partial charge in [-0.2, -0.15) is 0 Å². The van der Waals surface area contributed by atoms with Crippen LogP contribution in [0.2, 0.25) is 0 Å². The van der Waals surface area contributed by atoms with Gasteiger partial charge in [0.05, 0.1) is 5.69 Å². The lowest BCUT2D eigenvalue weighted by Crippen LogP contribution is -2.32. The Hall–Kier alpha value is -1.27. The van der Waals surface area contributed by atoms with E-state index in [1.54, 1.807) is 0 Å². The molecule has 0 heterocycles. The molecule has 0 saturated heterocycles. The van der Waals surface area contributed by atoms with Gasteiger partial charge in [-0.05, 0) is 54.6 Å². The highest BCUT2D eigenvalue weighted by Gasteiger charge is 2.11. The molecule has 0 aliphatic carbocycles. The maximum atomic E-state index is 8.72. The Morgan fingerprint density at radius 3 is 2.50 bits per heavy atom. The number of halogens is 1. The zero-order valence-corrected chi connectivity index (χ0v) is 13.9. The molecule has 1 aromatic carbocycles. The molecule has 0 atom stereocenters. The maximum absolute atomic E-state index is 8.72. The number of hydrogen-bond donors (Lipinski definition) is 2. The zero-order valence-electron chi connectivity index (χ0n) is 12.3. The lowest BCUT2D eigenvalue weighted by molar-refractivity contribution is 0.318. The van der Waals surface area contributed by atoms with Gasteiger partial charge in [0, 0.05) is 29.7 Å². The quantitative estimate of drug-likeness (QED) is 0.345. The van der Waals surface area contributed by atoms with Gasteiger partial charge in [-0.25, -0.2) is 0 Å². The van der Waals surface area contributed by atoms with Gasteiger partial charge >= 0.3 is 0 Å². The van der Waals surface area contributed by atoms with Gasteiger partial charge in [0.1, 0.15) is 0 Å². The molecule has 0 bridgehead atoms. The van der Waals surface area contributed by atoms with Gasteiger partial charge in [0.15, 0.2) is 5.84 Å². The first-order valence-electron chi connectivity index (χ1n) is 6.66. The molecule has 6 heteroatoms. The van der Waals surface area contributed by atoms with E-state index in [1.807, 2.05) is 18.2 Å². The van der Waals surface area contributed by atoms with Crippen LogP contribution in [0.1, 0.15) is 18.9 Å². The third-order valence-corrected chi connectivity index (χ3v) is 3.64. The summed E-state index contributed by atoms with van der Waals surface area (Å²) in [5.74, 6) is 0.118. The third-order valence-electron chi connectivity index (χ3n) is 3.00. The fourth-order valence-corrected chi connectivity index (χ4v) is 2.55. The molecule has 0 unspecified atom stereocenters. The molecule has 0 spiro atoms. The van der Waals surface area contributed by atoms with Gasteiger partial charge < -0.3 is 20.7 Å². The first-order valence-corrected chi connectivity index (χ1v) is 7.46. The van der Waals surface area contributed by atoms with Crippen LogP contribution in [0.5, 0.6) is 0 Å². The van der Waals surface area contributed by atoms with Gasteiger partial charge in [0.2, 0.25) is 0 Å². The molecule has 5 nitrogen and oxygen atoms in total. The Morgan fingerprint density at radius 2 is 2.00 bits per heavy atom. The Balaban J connectivity index is 2.96. The summed E-state index contributed by atoms with van der Waals surface area (Å²) in [5, 5.41) is 11.7. The van der Waals surface area contributed by atoms with Crippen LogP contribution in [0, 0.1) is 0 Å². The number of nitrogens with zero attached hydrogens (tertiary/aromatic N) is 3. The van der Waals surface area contributed by atoms with E-state index in [0.717, 1.165) is 36.2 Å². The molecule has 20 heavy (non-hydrogen) atoms. The molecular weight excluding hydrogens is 320 g/mol. The molecule has 0 aliphatic heterocycles. The van der Waals surface area contributed by atoms with Crippen LogP contribution < -0.4 is 10.6 Å². The SMILES string of the molecule is CCCN(CCN(C)C)c1ccc(/C(N)=N/O)cc1Br. The van der Waals surface area contributed by atoms with Crippen molar-refractivity contribution in [2.45, 2.75) is 13.3 Å². The highest BCUT2D eigenvalue weighted by Crippen LogP contribution is 2.27. The minimum absolute atomic E-state index is 0.118. The zero-order chi connectivity index (χ0) is 15.1. The monoisotopic (exact) mass is 342 g/mol. The van der Waals surface area contributed by atoms with E-state index < -0.39 is 0 Å². The summed E-state index contributed by atoms with van der Waals surface area (Å²) < 4.78 is 0.953. The number of likely N-dealkylation sites (N-methyl/N-ethyl adjacent to an activating group) is 1. The van der Waals surface area contributed by atoms with Crippen molar-refractivity contribution >= 4 is 27.5 Å². The third kappa shape index (κ3) is 4.68. The lowest BCUT2D eigenvalue weighted by Gasteiger charge is -2.27. The van der Waals surface area contributed by atoms with E-state index in [1.165, 1.54) is 0 Å². The minimum Gasteiger partial charge on any atom is -0.409 e. The molecule has 0 radical (unpaired) electrons. The standard InChI is InChI=1S/C14H23BrN4O/c1-4-7-19(9-8-18(2)3)13-6-5-11(10-12(13)15)14(16)17-20/h5-6,10,20H,4,7-9H2,1-3H3,(H2,16,17). The number of amidine groups is 1. The van der Waals surface area contributed by atoms with Crippen molar-refractivity contribution in [1.29, 1.82) is 0 Å². The minimum atomic E-state index is 0.118. The summed E-state index contributed by atoms with van der Waals surface area (Å²) in [7, 11) is 4.14. The number of hydrogen-bond acceptors (Lipinski definition) is 4. The van der Waals surface area contributed by atoms with Crippen molar-refractivity contribution in [3.05, 3.63) is 28.2 Å². The van der Waals surface area contributed by atoms with Gasteiger partial charge in [-0.3, -0.25) is 0 Å². The van der Waals surface area contributed by atoms with Crippen LogP contribution in [-0.4, -0.2) is 49.7 Å². The molecule has 0 amide bonds. The van der Waals surface area contributed by atoms with Crippen LogP contribution in [0.4, 0.5) is 5.69 Å². The Kier molecular flexibility index (Phi) is 6.81. The molecule has 0 aromatic heterocycles. The summed E-state index contributed by atoms with van der Waals surface area (Å²) >= 11 is 3.57. The summed E-state index contributed by atoms with van der Waals surface area (Å²) in [6, 6.07) is 5.75. The van der Waals surface area contributed by atoms with E-state index in [4.69, 9.17) is 10.9 Å². The largest absolute Gasteiger partial charge is 0.409 e. The first kappa shape index (κ1) is 16.8. The average molecular weight is 343 g/mol. The van der Waals surface area contributed by atoms with Gasteiger partial charge in [0.25, 0.3) is 0 Å². The normalized spacial score (nSPS) is 11.9. The Labute approximate surface area is 129 Å². The van der Waals surface area contributed by atoms with Crippen LogP contribution in [-0.2, 0) is 0 Å². The molecule has 0 fully saturated rings. The number of oxime groups is 1. The van der Waals surface area contributed by atoms with Crippen molar-refractivity contribution in [2.24, 2.45) is 10.9 Å². The summed E-state index contributed by atoms with van der Waals surface area (Å²) in [5.41, 5.74) is 7.43. The predicted octanol–water partition coefficient (Wildman–Crippen LogP) is 2.32. The van der Waals surface area contributed by atoms with E-state index >= 15 is 0 Å². The summed E-state index contributed by atoms with van der Waals surface area (Å²) in [6.07, 6.45) is 1.09. The second-order valence-corrected chi connectivity index (χ2v) is 5.80. The van der Waals surface area contributed by atoms with Crippen molar-refractivity contribution in [3.63, 3.8) is 0 Å². The van der Waals surface area contributed by atoms with E-state index in [-0.39, 0.29) is 5.84 Å². The molecule has 0 aliphatic rings. The number of anilines is 1. The topological polar surface area (TPSA) is 65.1 Å². The lowest BCUT2D eigenvalue weighted by atomic mass is 10.1. The van der Waals surface area contributed by atoms with E-state index in [2.05, 4.69) is 51.9 Å². The molecule has 1 aromatic rings. The fourth-order valence-electron chi connectivity index (χ4n) is 1.92. The van der Waals surface area contributed by atoms with Crippen LogP contribution >= 0.6 is 15.9 Å². The van der Waals surface area contributed by atoms with Gasteiger partial charge in [-0.1, -0.05) is 12.1 Å². The second kappa shape index (κ2) is 8.11. The van der Waals surface area contributed by atoms with Crippen molar-refractivity contribution in [3.8, 4) is 0 Å². The number of nitrogens with two attached hydrogens (primary N) is 1. The highest BCUT2D eigenvalue weighted by atomic mass is 79.9. The smallest absolute Gasteiger partial charge is 0.170 e. The van der Waals surface area contributed by atoms with E-state index in [0.29, 0.717) is 5.56 Å². The number of benzene rings is 1. The summed E-state index contributed by atoms with van der Waals surface area (Å²) in [6.45, 7) is 5.12. The predicted molar refractivity (Wildman–Crippen MR) is 87.7 cm³/mol. The maximum Gasteiger partial charge on any atom is 0.170 e.